The van der Waals surface area contributed by atoms with Gasteiger partial charge >= 0.3 is 0 Å². The molecule has 0 aliphatic carbocycles. The number of halogens is 1. The van der Waals surface area contributed by atoms with E-state index in [2.05, 4.69) is 33.2 Å². The first-order valence-electron chi connectivity index (χ1n) is 7.51. The first-order valence-corrected chi connectivity index (χ1v) is 9.25. The normalized spacial score (nSPS) is 12.6. The standard InChI is InChI=1S/C16H21BrN2O2S/c1-4-5-6-12(17)15(20)19-16-18-13-8-7-11(21-10(2)3)9-14(13)22-16/h7-10,12H,4-6H2,1-3H3,(H,18,19,20)/t12-/m1/s1. The fraction of sp³-hybridized carbons (Fsp3) is 0.500. The minimum absolute atomic E-state index is 0.0360. The number of nitrogens with zero attached hydrogens (tertiary/aromatic N) is 1. The van der Waals surface area contributed by atoms with E-state index in [-0.39, 0.29) is 16.8 Å². The monoisotopic (exact) mass is 384 g/mol. The highest BCUT2D eigenvalue weighted by Gasteiger charge is 2.16. The average molecular weight is 385 g/mol. The Morgan fingerprint density at radius 1 is 1.45 bits per heavy atom. The number of thiazole rings is 1. The summed E-state index contributed by atoms with van der Waals surface area (Å²) in [7, 11) is 0. The Morgan fingerprint density at radius 2 is 2.23 bits per heavy atom. The fourth-order valence-electron chi connectivity index (χ4n) is 2.00. The number of aromatic nitrogens is 1. The molecule has 2 aromatic rings. The highest BCUT2D eigenvalue weighted by Crippen LogP contribution is 2.30. The van der Waals surface area contributed by atoms with Gasteiger partial charge in [0.1, 0.15) is 5.75 Å². The van der Waals surface area contributed by atoms with Gasteiger partial charge < -0.3 is 10.1 Å². The van der Waals surface area contributed by atoms with Crippen LogP contribution >= 0.6 is 27.3 Å². The zero-order chi connectivity index (χ0) is 16.1. The molecule has 0 fully saturated rings. The second-order valence-electron chi connectivity index (χ2n) is 5.41. The predicted molar refractivity (Wildman–Crippen MR) is 96.3 cm³/mol. The molecule has 1 aromatic carbocycles. The zero-order valence-corrected chi connectivity index (χ0v) is 15.5. The van der Waals surface area contributed by atoms with Crippen molar-refractivity contribution in [3.63, 3.8) is 0 Å². The molecule has 1 aromatic heterocycles. The maximum absolute atomic E-state index is 12.1. The number of rotatable bonds is 7. The number of hydrogen-bond acceptors (Lipinski definition) is 4. The molecule has 0 aliphatic rings. The predicted octanol–water partition coefficient (Wildman–Crippen LogP) is 4.98. The Labute approximate surface area is 143 Å². The molecule has 120 valence electrons. The van der Waals surface area contributed by atoms with Gasteiger partial charge in [-0.3, -0.25) is 4.79 Å². The van der Waals surface area contributed by atoms with Gasteiger partial charge in [0.05, 0.1) is 21.1 Å². The summed E-state index contributed by atoms with van der Waals surface area (Å²) < 4.78 is 6.69. The maximum Gasteiger partial charge on any atom is 0.239 e. The lowest BCUT2D eigenvalue weighted by molar-refractivity contribution is -0.115. The number of ether oxygens (including phenoxy) is 1. The zero-order valence-electron chi connectivity index (χ0n) is 13.1. The third kappa shape index (κ3) is 4.68. The van der Waals surface area contributed by atoms with E-state index in [4.69, 9.17) is 4.74 Å². The van der Waals surface area contributed by atoms with Gasteiger partial charge in [0.25, 0.3) is 0 Å². The van der Waals surface area contributed by atoms with E-state index in [9.17, 15) is 4.79 Å². The third-order valence-corrected chi connectivity index (χ3v) is 4.86. The van der Waals surface area contributed by atoms with Crippen LogP contribution in [0.2, 0.25) is 0 Å². The van der Waals surface area contributed by atoms with E-state index in [1.165, 1.54) is 11.3 Å². The molecule has 0 radical (unpaired) electrons. The summed E-state index contributed by atoms with van der Waals surface area (Å²) in [4.78, 5) is 16.4. The van der Waals surface area contributed by atoms with E-state index in [1.807, 2.05) is 32.0 Å². The molecule has 0 aliphatic heterocycles. The molecule has 0 spiro atoms. The van der Waals surface area contributed by atoms with Crippen molar-refractivity contribution in [2.24, 2.45) is 0 Å². The van der Waals surface area contributed by atoms with Gasteiger partial charge in [0.2, 0.25) is 5.91 Å². The molecule has 0 saturated carbocycles. The summed E-state index contributed by atoms with van der Waals surface area (Å²) >= 11 is 4.89. The molecule has 1 N–H and O–H groups in total. The van der Waals surface area contributed by atoms with Crippen LogP contribution in [0.5, 0.6) is 5.75 Å². The molecule has 0 unspecified atom stereocenters. The van der Waals surface area contributed by atoms with E-state index in [0.29, 0.717) is 5.13 Å². The Bertz CT molecular complexity index is 642. The molecule has 22 heavy (non-hydrogen) atoms. The number of amides is 1. The second kappa shape index (κ2) is 7.92. The van der Waals surface area contributed by atoms with Gasteiger partial charge in [-0.15, -0.1) is 0 Å². The number of hydrogen-bond donors (Lipinski definition) is 1. The smallest absolute Gasteiger partial charge is 0.239 e. The number of carbonyl (C=O) groups is 1. The van der Waals surface area contributed by atoms with E-state index < -0.39 is 0 Å². The molecule has 1 heterocycles. The Morgan fingerprint density at radius 3 is 2.91 bits per heavy atom. The van der Waals surface area contributed by atoms with Gasteiger partial charge in [0.15, 0.2) is 5.13 Å². The molecular formula is C16H21BrN2O2S. The van der Waals surface area contributed by atoms with Crippen molar-refractivity contribution >= 4 is 48.5 Å². The number of anilines is 1. The van der Waals surface area contributed by atoms with Crippen LogP contribution in [-0.2, 0) is 4.79 Å². The van der Waals surface area contributed by atoms with E-state index in [0.717, 1.165) is 35.2 Å². The molecule has 0 saturated heterocycles. The number of nitrogens with one attached hydrogen (secondary N) is 1. The summed E-state index contributed by atoms with van der Waals surface area (Å²) in [6.07, 6.45) is 3.07. The summed E-state index contributed by atoms with van der Waals surface area (Å²) in [5.41, 5.74) is 0.871. The van der Waals surface area contributed by atoms with Crippen LogP contribution in [0.15, 0.2) is 18.2 Å². The SMILES string of the molecule is CCCC[C@@H](Br)C(=O)Nc1nc2ccc(OC(C)C)cc2s1. The highest BCUT2D eigenvalue weighted by molar-refractivity contribution is 9.10. The van der Waals surface area contributed by atoms with E-state index >= 15 is 0 Å². The molecule has 2 rings (SSSR count). The average Bonchev–Trinajstić information content (AvgIpc) is 2.85. The van der Waals surface area contributed by atoms with Gasteiger partial charge in [-0.25, -0.2) is 4.98 Å². The molecule has 0 bridgehead atoms. The number of carbonyl (C=O) groups excluding carboxylic acids is 1. The van der Waals surface area contributed by atoms with Crippen LogP contribution in [0.4, 0.5) is 5.13 Å². The first kappa shape index (κ1) is 17.2. The summed E-state index contributed by atoms with van der Waals surface area (Å²) in [5.74, 6) is 0.788. The van der Waals surface area contributed by atoms with Gasteiger partial charge in [-0.05, 0) is 38.5 Å². The first-order chi connectivity index (χ1) is 10.5. The lowest BCUT2D eigenvalue weighted by Gasteiger charge is -2.08. The minimum Gasteiger partial charge on any atom is -0.491 e. The summed E-state index contributed by atoms with van der Waals surface area (Å²) in [6.45, 7) is 6.10. The number of alkyl halides is 1. The van der Waals surface area contributed by atoms with Crippen molar-refractivity contribution in [1.29, 1.82) is 0 Å². The van der Waals surface area contributed by atoms with Crippen molar-refractivity contribution in [2.75, 3.05) is 5.32 Å². The van der Waals surface area contributed by atoms with Gasteiger partial charge in [-0.2, -0.15) is 0 Å². The molecule has 1 atom stereocenters. The molecule has 1 amide bonds. The van der Waals surface area contributed by atoms with Crippen molar-refractivity contribution in [2.45, 2.75) is 51.0 Å². The summed E-state index contributed by atoms with van der Waals surface area (Å²) in [6, 6.07) is 5.79. The fourth-order valence-corrected chi connectivity index (χ4v) is 3.34. The number of fused-ring (bicyclic) bond motifs is 1. The second-order valence-corrected chi connectivity index (χ2v) is 7.55. The Balaban J connectivity index is 2.07. The van der Waals surface area contributed by atoms with Gasteiger partial charge in [0, 0.05) is 0 Å². The largest absolute Gasteiger partial charge is 0.491 e. The molecule has 4 nitrogen and oxygen atoms in total. The van der Waals surface area contributed by atoms with Crippen molar-refractivity contribution < 1.29 is 9.53 Å². The molecule has 6 heteroatoms. The van der Waals surface area contributed by atoms with Crippen LogP contribution in [0.1, 0.15) is 40.0 Å². The van der Waals surface area contributed by atoms with Crippen molar-refractivity contribution in [1.82, 2.24) is 4.98 Å². The highest BCUT2D eigenvalue weighted by atomic mass is 79.9. The maximum atomic E-state index is 12.1. The van der Waals surface area contributed by atoms with Crippen LogP contribution in [0.25, 0.3) is 10.2 Å². The molecular weight excluding hydrogens is 364 g/mol. The quantitative estimate of drug-likeness (QED) is 0.685. The van der Waals surface area contributed by atoms with E-state index in [1.54, 1.807) is 0 Å². The van der Waals surface area contributed by atoms with Crippen LogP contribution in [0.3, 0.4) is 0 Å². The minimum atomic E-state index is -0.167. The topological polar surface area (TPSA) is 51.2 Å². The van der Waals surface area contributed by atoms with Crippen LogP contribution in [0, 0.1) is 0 Å². The Hall–Kier alpha value is -1.14. The summed E-state index contributed by atoms with van der Waals surface area (Å²) in [5, 5.41) is 3.51. The van der Waals surface area contributed by atoms with Crippen molar-refractivity contribution in [3.05, 3.63) is 18.2 Å². The lowest BCUT2D eigenvalue weighted by Crippen LogP contribution is -2.22. The van der Waals surface area contributed by atoms with Crippen molar-refractivity contribution in [3.8, 4) is 5.75 Å². The third-order valence-electron chi connectivity index (χ3n) is 3.06. The lowest BCUT2D eigenvalue weighted by atomic mass is 10.2. The van der Waals surface area contributed by atoms with Gasteiger partial charge in [-0.1, -0.05) is 47.0 Å². The number of unbranched alkanes of at least 4 members (excludes halogenated alkanes) is 1. The Kier molecular flexibility index (Phi) is 6.20. The van der Waals surface area contributed by atoms with Crippen LogP contribution in [-0.4, -0.2) is 21.8 Å². The van der Waals surface area contributed by atoms with Crippen LogP contribution < -0.4 is 10.1 Å². The number of benzene rings is 1.